The standard InChI is InChI=1S/C24BF20.C11H13Cl2/c26-5-1(6(27)14(35)21(42)13(5)34)25(2-7(28)15(36)22(43)16(37)8(2)29,3-9(30)17(38)23(44)18(39)10(3)31)4-11(32)19(40)24(45)20(41)12(4)33;1-8-6-9(2)11(10(3)7-8)13-5-4-12/h;4-7H,1-3H3/q-1;+1/b;5-4+. The van der Waals surface area contributed by atoms with E-state index in [1.807, 2.05) is 5.54 Å². The summed E-state index contributed by atoms with van der Waals surface area (Å²) in [6.07, 6.45) is -7.22. The Morgan fingerprint density at radius 1 is 0.362 bits per heavy atom. The summed E-state index contributed by atoms with van der Waals surface area (Å²) >= 11 is 5.47. The van der Waals surface area contributed by atoms with E-state index in [9.17, 15) is 52.7 Å². The third kappa shape index (κ3) is 7.02. The molecule has 0 aromatic heterocycles. The van der Waals surface area contributed by atoms with Crippen LogP contribution in [0.25, 0.3) is 0 Å². The first-order chi connectivity index (χ1) is 26.8. The van der Waals surface area contributed by atoms with Crippen LogP contribution in [0, 0.1) is 148 Å². The van der Waals surface area contributed by atoms with Crippen LogP contribution in [0.2, 0.25) is 5.02 Å². The van der Waals surface area contributed by atoms with Crippen LogP contribution in [0.15, 0.2) is 23.2 Å². The zero-order chi connectivity index (χ0) is 44.2. The van der Waals surface area contributed by atoms with Crippen LogP contribution >= 0.6 is 11.6 Å². The summed E-state index contributed by atoms with van der Waals surface area (Å²) in [7, 11) is 2.16. The van der Waals surface area contributed by atoms with Gasteiger partial charge in [0.15, 0.2) is 69.8 Å². The molecule has 0 aliphatic heterocycles. The van der Waals surface area contributed by atoms with Crippen molar-refractivity contribution < 1.29 is 98.6 Å². The molecular weight excluding hydrogens is 882 g/mol. The summed E-state index contributed by atoms with van der Waals surface area (Å²) in [6.45, 7) is 6.34. The third-order valence-corrected chi connectivity index (χ3v) is 9.83. The molecule has 0 unspecified atom stereocenters. The number of aryl methyl sites for hydroxylation is 3. The van der Waals surface area contributed by atoms with Gasteiger partial charge in [-0.1, -0.05) is 29.3 Å². The lowest BCUT2D eigenvalue weighted by Crippen LogP contribution is -2.81. The lowest BCUT2D eigenvalue weighted by Gasteiger charge is -2.44. The number of benzene rings is 5. The maximum Gasteiger partial charge on any atom is 0.240 e. The fourth-order valence-corrected chi connectivity index (χ4v) is 7.07. The second-order valence-corrected chi connectivity index (χ2v) is 13.0. The molecule has 0 atom stereocenters. The van der Waals surface area contributed by atoms with Crippen LogP contribution in [0.5, 0.6) is 0 Å². The van der Waals surface area contributed by atoms with Gasteiger partial charge in [0.1, 0.15) is 52.7 Å². The van der Waals surface area contributed by atoms with E-state index in [4.69, 9.17) is 11.6 Å². The minimum Gasteiger partial charge on any atom is -0.207 e. The first kappa shape index (κ1) is 45.8. The van der Waals surface area contributed by atoms with Gasteiger partial charge < -0.3 is 0 Å². The molecule has 0 aliphatic rings. The van der Waals surface area contributed by atoms with Crippen LogP contribution in [-0.4, -0.2) is 6.15 Å². The van der Waals surface area contributed by atoms with Crippen molar-refractivity contribution in [3.8, 4) is 0 Å². The number of hydrogen-bond donors (Lipinski definition) is 0. The van der Waals surface area contributed by atoms with Gasteiger partial charge in [-0.05, 0) is 20.8 Å². The molecule has 0 bridgehead atoms. The summed E-state index contributed by atoms with van der Waals surface area (Å²) in [5.41, 5.74) is -7.08. The van der Waals surface area contributed by atoms with Crippen molar-refractivity contribution in [3.05, 3.63) is 161 Å². The Morgan fingerprint density at radius 3 is 0.741 bits per heavy atom. The molecule has 23 heteroatoms. The molecule has 0 spiro atoms. The van der Waals surface area contributed by atoms with Gasteiger partial charge >= 0.3 is 0 Å². The van der Waals surface area contributed by atoms with E-state index in [1.165, 1.54) is 27.2 Å². The molecule has 0 saturated heterocycles. The summed E-state index contributed by atoms with van der Waals surface area (Å²) in [5, 5.41) is 1.25. The Balaban J connectivity index is 0.000000486. The van der Waals surface area contributed by atoms with Crippen molar-refractivity contribution in [2.75, 3.05) is 0 Å². The van der Waals surface area contributed by atoms with Crippen LogP contribution in [0.4, 0.5) is 87.8 Å². The Hall–Kier alpha value is -4.92. The monoisotopic (exact) mass is 894 g/mol. The molecule has 0 aliphatic carbocycles. The second kappa shape index (κ2) is 16.7. The van der Waals surface area contributed by atoms with Gasteiger partial charge in [-0.3, -0.25) is 0 Å². The Morgan fingerprint density at radius 2 is 0.552 bits per heavy atom. The van der Waals surface area contributed by atoms with Crippen molar-refractivity contribution in [1.29, 1.82) is 0 Å². The second-order valence-electron chi connectivity index (χ2n) is 11.9. The average Bonchev–Trinajstić information content (AvgIpc) is 3.17. The van der Waals surface area contributed by atoms with E-state index < -0.39 is 144 Å². The summed E-state index contributed by atoms with van der Waals surface area (Å²) in [6, 6.07) is 4.36. The summed E-state index contributed by atoms with van der Waals surface area (Å²) in [4.78, 5) is 0. The maximum absolute atomic E-state index is 15.4. The first-order valence-electron chi connectivity index (χ1n) is 15.0. The van der Waals surface area contributed by atoms with Crippen LogP contribution in [0.3, 0.4) is 0 Å². The number of rotatable bonds is 6. The Bertz CT molecular complexity index is 2130. The van der Waals surface area contributed by atoms with Gasteiger partial charge in [0.05, 0.1) is 5.54 Å². The predicted octanol–water partition coefficient (Wildman–Crippen LogP) is 9.67. The van der Waals surface area contributed by atoms with E-state index in [-0.39, 0.29) is 0 Å². The minimum absolute atomic E-state index is 1.25. The highest BCUT2D eigenvalue weighted by atomic mass is 35.5. The van der Waals surface area contributed by atoms with E-state index in [2.05, 4.69) is 43.7 Å². The van der Waals surface area contributed by atoms with Gasteiger partial charge in [0.25, 0.3) is 0 Å². The molecule has 0 saturated carbocycles. The van der Waals surface area contributed by atoms with Crippen LogP contribution < -0.4 is 21.9 Å². The molecule has 310 valence electrons. The van der Waals surface area contributed by atoms with E-state index in [1.54, 1.807) is 0 Å². The first-order valence-corrected chi connectivity index (χ1v) is 16.3. The lowest BCUT2D eigenvalue weighted by atomic mass is 9.12. The van der Waals surface area contributed by atoms with Crippen molar-refractivity contribution >= 4 is 39.6 Å². The van der Waals surface area contributed by atoms with Gasteiger partial charge in [-0.15, -0.1) is 21.9 Å². The molecule has 0 nitrogen and oxygen atoms in total. The molecule has 0 fully saturated rings. The Labute approximate surface area is 320 Å². The number of halogens is 22. The summed E-state index contributed by atoms with van der Waals surface area (Å²) in [5.74, 6) is -71.4. The van der Waals surface area contributed by atoms with Gasteiger partial charge in [0.2, 0.25) is 21.4 Å². The highest BCUT2D eigenvalue weighted by Gasteiger charge is 2.52. The largest absolute Gasteiger partial charge is 0.240 e. The normalized spacial score (nSPS) is 11.8. The fourth-order valence-electron chi connectivity index (χ4n) is 6.30. The highest BCUT2D eigenvalue weighted by Crippen LogP contribution is 2.31. The van der Waals surface area contributed by atoms with Crippen molar-refractivity contribution in [2.24, 2.45) is 0 Å². The zero-order valence-corrected chi connectivity index (χ0v) is 29.7. The van der Waals surface area contributed by atoms with Gasteiger partial charge in [0, 0.05) is 11.1 Å². The smallest absolute Gasteiger partial charge is 0.207 e. The maximum atomic E-state index is 15.4. The minimum atomic E-state index is -7.22. The van der Waals surface area contributed by atoms with E-state index >= 15 is 35.1 Å². The molecular formula is C35H13BCl2F20. The molecule has 58 heavy (non-hydrogen) atoms. The molecule has 0 heterocycles. The quantitative estimate of drug-likeness (QED) is 0.0690. The fraction of sp³-hybridized carbons (Fsp3) is 0.0857. The lowest BCUT2D eigenvalue weighted by molar-refractivity contribution is -0.525. The van der Waals surface area contributed by atoms with Crippen molar-refractivity contribution in [2.45, 2.75) is 20.8 Å². The average molecular weight is 895 g/mol. The van der Waals surface area contributed by atoms with Crippen molar-refractivity contribution in [3.63, 3.8) is 0 Å². The third-order valence-electron chi connectivity index (χ3n) is 8.51. The van der Waals surface area contributed by atoms with Crippen molar-refractivity contribution in [1.82, 2.24) is 0 Å². The zero-order valence-electron chi connectivity index (χ0n) is 28.2. The van der Waals surface area contributed by atoms with Crippen LogP contribution in [0.1, 0.15) is 16.7 Å². The molecule has 0 N–H and O–H groups in total. The highest BCUT2D eigenvalue weighted by molar-refractivity contribution is 7.20. The van der Waals surface area contributed by atoms with E-state index in [0.29, 0.717) is 0 Å². The molecule has 5 aromatic carbocycles. The van der Waals surface area contributed by atoms with Crippen LogP contribution in [-0.2, 0) is 0 Å². The van der Waals surface area contributed by atoms with Gasteiger partial charge in [-0.25, -0.2) is 87.8 Å². The molecule has 5 rings (SSSR count). The molecule has 0 radical (unpaired) electrons. The predicted molar refractivity (Wildman–Crippen MR) is 164 cm³/mol. The number of hydrogen-bond acceptors (Lipinski definition) is 0. The van der Waals surface area contributed by atoms with E-state index in [0.717, 1.165) is 0 Å². The summed E-state index contributed by atoms with van der Waals surface area (Å²) < 4.78 is 294. The molecule has 5 aromatic rings. The van der Waals surface area contributed by atoms with Gasteiger partial charge in [-0.2, -0.15) is 0 Å². The molecule has 0 amide bonds. The Kier molecular flexibility index (Phi) is 13.2. The SMILES string of the molecule is Cc1cc(C)c([Cl+]/C=C/Cl)c(C)c1.Fc1c(F)c(F)c([B-](c2c(F)c(F)c(F)c(F)c2F)(c2c(F)c(F)c(F)c(F)c2F)c2c(F)c(F)c(F)c(F)c2F)c(F)c1F. The topological polar surface area (TPSA) is 0 Å².